The summed E-state index contributed by atoms with van der Waals surface area (Å²) in [5, 5.41) is 3.28. The first-order chi connectivity index (χ1) is 10.8. The molecule has 0 heterocycles. The summed E-state index contributed by atoms with van der Waals surface area (Å²) >= 11 is 0. The average molecular weight is 336 g/mol. The van der Waals surface area contributed by atoms with Gasteiger partial charge in [-0.3, -0.25) is 0 Å². The van der Waals surface area contributed by atoms with E-state index in [9.17, 15) is 12.8 Å². The summed E-state index contributed by atoms with van der Waals surface area (Å²) in [6, 6.07) is 11.5. The van der Waals surface area contributed by atoms with E-state index in [0.717, 1.165) is 16.7 Å². The fourth-order valence-electron chi connectivity index (χ4n) is 2.19. The van der Waals surface area contributed by atoms with Crippen LogP contribution in [0.5, 0.6) is 0 Å². The van der Waals surface area contributed by atoms with Crippen LogP contribution in [-0.2, 0) is 23.1 Å². The number of benzene rings is 2. The van der Waals surface area contributed by atoms with E-state index < -0.39 is 10.0 Å². The Bertz CT molecular complexity index is 772. The van der Waals surface area contributed by atoms with Gasteiger partial charge in [0.2, 0.25) is 10.0 Å². The highest BCUT2D eigenvalue weighted by molar-refractivity contribution is 7.89. The number of halogens is 1. The maximum atomic E-state index is 13.1. The van der Waals surface area contributed by atoms with Gasteiger partial charge in [0, 0.05) is 27.2 Å². The Morgan fingerprint density at radius 2 is 1.70 bits per heavy atom. The molecule has 4 nitrogen and oxygen atoms in total. The van der Waals surface area contributed by atoms with Gasteiger partial charge in [-0.2, -0.15) is 0 Å². The van der Waals surface area contributed by atoms with Crippen molar-refractivity contribution in [1.29, 1.82) is 0 Å². The third-order valence-corrected chi connectivity index (χ3v) is 5.48. The molecule has 0 aromatic heterocycles. The van der Waals surface area contributed by atoms with Gasteiger partial charge in [0.25, 0.3) is 0 Å². The summed E-state index contributed by atoms with van der Waals surface area (Å²) in [6.45, 7) is 3.12. The Labute approximate surface area is 137 Å². The Balaban J connectivity index is 1.97. The Hall–Kier alpha value is -1.76. The molecule has 1 N–H and O–H groups in total. The van der Waals surface area contributed by atoms with E-state index in [4.69, 9.17) is 0 Å². The Kier molecular flexibility index (Phi) is 5.51. The van der Waals surface area contributed by atoms with E-state index in [-0.39, 0.29) is 10.7 Å². The number of hydrogen-bond donors (Lipinski definition) is 1. The van der Waals surface area contributed by atoms with Gasteiger partial charge >= 0.3 is 0 Å². The van der Waals surface area contributed by atoms with Gasteiger partial charge in [0.05, 0.1) is 4.90 Å². The van der Waals surface area contributed by atoms with Crippen LogP contribution in [0.1, 0.15) is 16.7 Å². The molecule has 6 heteroatoms. The maximum Gasteiger partial charge on any atom is 0.242 e. The summed E-state index contributed by atoms with van der Waals surface area (Å²) < 4.78 is 38.2. The average Bonchev–Trinajstić information content (AvgIpc) is 2.50. The number of sulfonamides is 1. The van der Waals surface area contributed by atoms with E-state index in [0.29, 0.717) is 13.1 Å². The topological polar surface area (TPSA) is 49.4 Å². The van der Waals surface area contributed by atoms with Gasteiger partial charge in [-0.25, -0.2) is 17.1 Å². The standard InChI is InChI=1S/C17H21FN2O2S/c1-13-10-16(18)7-6-15(13)12-19-11-14-4-8-17(9-5-14)23(21,22)20(2)3/h4-10,19H,11-12H2,1-3H3. The summed E-state index contributed by atoms with van der Waals surface area (Å²) in [6.07, 6.45) is 0. The van der Waals surface area contributed by atoms with E-state index in [1.165, 1.54) is 30.5 Å². The molecule has 0 unspecified atom stereocenters. The van der Waals surface area contributed by atoms with Crippen molar-refractivity contribution in [2.75, 3.05) is 14.1 Å². The van der Waals surface area contributed by atoms with Gasteiger partial charge in [0.1, 0.15) is 5.82 Å². The van der Waals surface area contributed by atoms with Crippen LogP contribution >= 0.6 is 0 Å². The van der Waals surface area contributed by atoms with Crippen molar-refractivity contribution in [2.45, 2.75) is 24.9 Å². The predicted octanol–water partition coefficient (Wildman–Crippen LogP) is 2.67. The normalized spacial score (nSPS) is 11.9. The number of aryl methyl sites for hydroxylation is 1. The lowest BCUT2D eigenvalue weighted by atomic mass is 10.1. The molecule has 0 saturated heterocycles. The molecule has 0 spiro atoms. The predicted molar refractivity (Wildman–Crippen MR) is 89.0 cm³/mol. The molecule has 124 valence electrons. The zero-order chi connectivity index (χ0) is 17.0. The lowest BCUT2D eigenvalue weighted by Crippen LogP contribution is -2.22. The Morgan fingerprint density at radius 1 is 1.04 bits per heavy atom. The Morgan fingerprint density at radius 3 is 2.26 bits per heavy atom. The van der Waals surface area contributed by atoms with Crippen LogP contribution < -0.4 is 5.32 Å². The van der Waals surface area contributed by atoms with Crippen LogP contribution in [0.2, 0.25) is 0 Å². The number of rotatable bonds is 6. The minimum absolute atomic E-state index is 0.232. The molecule has 0 saturated carbocycles. The van der Waals surface area contributed by atoms with Crippen molar-refractivity contribution in [3.8, 4) is 0 Å². The molecule has 0 atom stereocenters. The molecule has 0 aliphatic carbocycles. The van der Waals surface area contributed by atoms with Gasteiger partial charge in [-0.15, -0.1) is 0 Å². The van der Waals surface area contributed by atoms with Crippen LogP contribution in [0.15, 0.2) is 47.4 Å². The molecule has 2 rings (SSSR count). The first kappa shape index (κ1) is 17.6. The zero-order valence-electron chi connectivity index (χ0n) is 13.5. The highest BCUT2D eigenvalue weighted by Crippen LogP contribution is 2.14. The van der Waals surface area contributed by atoms with Crippen molar-refractivity contribution in [3.05, 3.63) is 65.0 Å². The third-order valence-electron chi connectivity index (χ3n) is 3.65. The van der Waals surface area contributed by atoms with E-state index in [2.05, 4.69) is 5.32 Å². The van der Waals surface area contributed by atoms with E-state index in [1.807, 2.05) is 6.92 Å². The smallest absolute Gasteiger partial charge is 0.242 e. The summed E-state index contributed by atoms with van der Waals surface area (Å²) in [5.74, 6) is -0.232. The molecule has 0 aliphatic rings. The molecule has 0 aliphatic heterocycles. The maximum absolute atomic E-state index is 13.1. The second kappa shape index (κ2) is 7.21. The molecule has 0 bridgehead atoms. The molecule has 2 aromatic carbocycles. The van der Waals surface area contributed by atoms with Crippen LogP contribution in [-0.4, -0.2) is 26.8 Å². The summed E-state index contributed by atoms with van der Waals surface area (Å²) in [5.41, 5.74) is 2.94. The molecular formula is C17H21FN2O2S. The quantitative estimate of drug-likeness (QED) is 0.882. The van der Waals surface area contributed by atoms with Crippen molar-refractivity contribution in [1.82, 2.24) is 9.62 Å². The number of nitrogens with one attached hydrogen (secondary N) is 1. The molecule has 0 radical (unpaired) electrons. The van der Waals surface area contributed by atoms with Gasteiger partial charge in [-0.1, -0.05) is 18.2 Å². The van der Waals surface area contributed by atoms with Crippen LogP contribution in [0.4, 0.5) is 4.39 Å². The van der Waals surface area contributed by atoms with Gasteiger partial charge < -0.3 is 5.32 Å². The zero-order valence-corrected chi connectivity index (χ0v) is 14.3. The summed E-state index contributed by atoms with van der Waals surface area (Å²) in [7, 11) is -0.370. The van der Waals surface area contributed by atoms with Crippen LogP contribution in [0.25, 0.3) is 0 Å². The lowest BCUT2D eigenvalue weighted by molar-refractivity contribution is 0.520. The SMILES string of the molecule is Cc1cc(F)ccc1CNCc1ccc(S(=O)(=O)N(C)C)cc1. The monoisotopic (exact) mass is 336 g/mol. The number of nitrogens with zero attached hydrogens (tertiary/aromatic N) is 1. The highest BCUT2D eigenvalue weighted by atomic mass is 32.2. The lowest BCUT2D eigenvalue weighted by Gasteiger charge is -2.12. The highest BCUT2D eigenvalue weighted by Gasteiger charge is 2.16. The van der Waals surface area contributed by atoms with Crippen molar-refractivity contribution in [2.24, 2.45) is 0 Å². The number of hydrogen-bond acceptors (Lipinski definition) is 3. The third kappa shape index (κ3) is 4.37. The first-order valence-corrected chi connectivity index (χ1v) is 8.72. The van der Waals surface area contributed by atoms with Crippen LogP contribution in [0.3, 0.4) is 0 Å². The van der Waals surface area contributed by atoms with Crippen molar-refractivity contribution >= 4 is 10.0 Å². The van der Waals surface area contributed by atoms with Crippen molar-refractivity contribution < 1.29 is 12.8 Å². The van der Waals surface area contributed by atoms with E-state index >= 15 is 0 Å². The van der Waals surface area contributed by atoms with Gasteiger partial charge in [0.15, 0.2) is 0 Å². The largest absolute Gasteiger partial charge is 0.309 e. The second-order valence-electron chi connectivity index (χ2n) is 5.61. The molecule has 0 fully saturated rings. The molecule has 2 aromatic rings. The summed E-state index contributed by atoms with van der Waals surface area (Å²) in [4.78, 5) is 0.278. The fourth-order valence-corrected chi connectivity index (χ4v) is 3.09. The molecule has 0 amide bonds. The van der Waals surface area contributed by atoms with Crippen LogP contribution in [0, 0.1) is 12.7 Å². The fraction of sp³-hybridized carbons (Fsp3) is 0.294. The molecular weight excluding hydrogens is 315 g/mol. The minimum atomic E-state index is -3.39. The van der Waals surface area contributed by atoms with Crippen molar-refractivity contribution in [3.63, 3.8) is 0 Å². The van der Waals surface area contributed by atoms with Gasteiger partial charge in [-0.05, 0) is 47.9 Å². The molecule has 23 heavy (non-hydrogen) atoms. The first-order valence-electron chi connectivity index (χ1n) is 7.28. The second-order valence-corrected chi connectivity index (χ2v) is 7.76. The van der Waals surface area contributed by atoms with E-state index in [1.54, 1.807) is 30.3 Å². The minimum Gasteiger partial charge on any atom is -0.309 e.